The molecule has 0 fully saturated rings. The highest BCUT2D eigenvalue weighted by molar-refractivity contribution is 5.48. The summed E-state index contributed by atoms with van der Waals surface area (Å²) in [7, 11) is 0. The van der Waals surface area contributed by atoms with Gasteiger partial charge in [-0.3, -0.25) is 4.98 Å². The van der Waals surface area contributed by atoms with Crippen molar-refractivity contribution in [3.05, 3.63) is 36.4 Å². The minimum atomic E-state index is 0.902. The fourth-order valence-corrected chi connectivity index (χ4v) is 1.51. The zero-order valence-corrected chi connectivity index (χ0v) is 8.94. The van der Waals surface area contributed by atoms with Gasteiger partial charge in [-0.25, -0.2) is 4.68 Å². The second-order valence-corrected chi connectivity index (χ2v) is 3.30. The van der Waals surface area contributed by atoms with Crippen LogP contribution in [0.25, 0.3) is 5.69 Å². The van der Waals surface area contributed by atoms with Crippen LogP contribution in [0.3, 0.4) is 0 Å². The van der Waals surface area contributed by atoms with E-state index in [1.807, 2.05) is 29.9 Å². The second-order valence-electron chi connectivity index (χ2n) is 3.30. The molecule has 0 unspecified atom stereocenters. The topological polar surface area (TPSA) is 42.7 Å². The van der Waals surface area contributed by atoms with E-state index >= 15 is 0 Å². The summed E-state index contributed by atoms with van der Waals surface area (Å²) in [6.07, 6.45) is 5.40. The summed E-state index contributed by atoms with van der Waals surface area (Å²) >= 11 is 0. The molecule has 4 heteroatoms. The van der Waals surface area contributed by atoms with Crippen LogP contribution in [-0.4, -0.2) is 21.3 Å². The van der Waals surface area contributed by atoms with Crippen molar-refractivity contribution in [1.82, 2.24) is 14.8 Å². The van der Waals surface area contributed by atoms with Crippen molar-refractivity contribution < 1.29 is 0 Å². The maximum absolute atomic E-state index is 4.32. The van der Waals surface area contributed by atoms with E-state index in [1.54, 1.807) is 12.4 Å². The van der Waals surface area contributed by atoms with Gasteiger partial charge in [0, 0.05) is 12.7 Å². The summed E-state index contributed by atoms with van der Waals surface area (Å²) < 4.78 is 1.88. The molecule has 15 heavy (non-hydrogen) atoms. The average molecular weight is 202 g/mol. The van der Waals surface area contributed by atoms with Crippen molar-refractivity contribution in [3.63, 3.8) is 0 Å². The highest BCUT2D eigenvalue weighted by Gasteiger charge is 2.06. The Morgan fingerprint density at radius 3 is 2.93 bits per heavy atom. The number of aromatic nitrogens is 3. The van der Waals surface area contributed by atoms with Gasteiger partial charge in [0.2, 0.25) is 0 Å². The molecule has 0 bridgehead atoms. The van der Waals surface area contributed by atoms with Gasteiger partial charge in [0.1, 0.15) is 0 Å². The summed E-state index contributed by atoms with van der Waals surface area (Å²) in [6.45, 7) is 5.01. The molecular weight excluding hydrogens is 188 g/mol. The zero-order chi connectivity index (χ0) is 10.7. The van der Waals surface area contributed by atoms with E-state index in [0.29, 0.717) is 0 Å². The van der Waals surface area contributed by atoms with Crippen molar-refractivity contribution in [3.8, 4) is 5.69 Å². The van der Waals surface area contributed by atoms with Crippen molar-refractivity contribution in [1.29, 1.82) is 0 Å². The van der Waals surface area contributed by atoms with Crippen molar-refractivity contribution >= 4 is 5.69 Å². The largest absolute Gasteiger partial charge is 0.383 e. The maximum atomic E-state index is 4.32. The van der Waals surface area contributed by atoms with E-state index in [0.717, 1.165) is 23.6 Å². The molecule has 0 aliphatic heterocycles. The number of pyridine rings is 1. The van der Waals surface area contributed by atoms with Crippen molar-refractivity contribution in [2.24, 2.45) is 0 Å². The lowest BCUT2D eigenvalue weighted by Gasteiger charge is -2.05. The summed E-state index contributed by atoms with van der Waals surface area (Å²) in [6, 6.07) is 3.89. The molecule has 0 saturated carbocycles. The molecule has 0 amide bonds. The molecule has 2 heterocycles. The zero-order valence-electron chi connectivity index (χ0n) is 8.94. The number of nitrogens with one attached hydrogen (secondary N) is 1. The first-order chi connectivity index (χ1) is 7.33. The molecule has 4 nitrogen and oxygen atoms in total. The van der Waals surface area contributed by atoms with Crippen LogP contribution in [0, 0.1) is 6.92 Å². The van der Waals surface area contributed by atoms with Gasteiger partial charge in [-0.05, 0) is 26.0 Å². The monoisotopic (exact) mass is 202 g/mol. The van der Waals surface area contributed by atoms with E-state index in [2.05, 4.69) is 22.3 Å². The molecular formula is C11H14N4. The normalized spacial score (nSPS) is 10.3. The molecule has 0 spiro atoms. The molecule has 0 aromatic carbocycles. The molecule has 0 saturated heterocycles. The quantitative estimate of drug-likeness (QED) is 0.827. The van der Waals surface area contributed by atoms with Gasteiger partial charge >= 0.3 is 0 Å². The molecule has 0 aliphatic carbocycles. The second kappa shape index (κ2) is 4.13. The highest BCUT2D eigenvalue weighted by atomic mass is 15.3. The van der Waals surface area contributed by atoms with Crippen LogP contribution in [0.4, 0.5) is 5.69 Å². The molecule has 0 atom stereocenters. The Balaban J connectivity index is 2.38. The number of rotatable bonds is 3. The number of nitrogens with zero attached hydrogens (tertiary/aromatic N) is 3. The van der Waals surface area contributed by atoms with Crippen LogP contribution in [-0.2, 0) is 0 Å². The fourth-order valence-electron chi connectivity index (χ4n) is 1.51. The molecule has 2 rings (SSSR count). The third-order valence-electron chi connectivity index (χ3n) is 2.27. The summed E-state index contributed by atoms with van der Waals surface area (Å²) in [5.74, 6) is 0. The summed E-state index contributed by atoms with van der Waals surface area (Å²) in [5, 5.41) is 7.58. The molecule has 0 aliphatic rings. The molecule has 2 aromatic heterocycles. The molecule has 1 N–H and O–H groups in total. The Bertz CT molecular complexity index is 433. The van der Waals surface area contributed by atoms with Gasteiger partial charge < -0.3 is 5.32 Å². The molecule has 2 aromatic rings. The third-order valence-corrected chi connectivity index (χ3v) is 2.27. The lowest BCUT2D eigenvalue weighted by molar-refractivity contribution is 0.841. The first kappa shape index (κ1) is 9.71. The van der Waals surface area contributed by atoms with Gasteiger partial charge in [-0.2, -0.15) is 5.10 Å². The maximum Gasteiger partial charge on any atom is 0.0832 e. The van der Waals surface area contributed by atoms with E-state index in [9.17, 15) is 0 Å². The predicted molar refractivity (Wildman–Crippen MR) is 60.3 cm³/mol. The Hall–Kier alpha value is -1.84. The van der Waals surface area contributed by atoms with Crippen molar-refractivity contribution in [2.45, 2.75) is 13.8 Å². The van der Waals surface area contributed by atoms with Crippen molar-refractivity contribution in [2.75, 3.05) is 11.9 Å². The van der Waals surface area contributed by atoms with Gasteiger partial charge in [0.05, 0.1) is 29.5 Å². The van der Waals surface area contributed by atoms with Gasteiger partial charge in [0.25, 0.3) is 0 Å². The van der Waals surface area contributed by atoms with Crippen LogP contribution < -0.4 is 5.32 Å². The van der Waals surface area contributed by atoms with E-state index < -0.39 is 0 Å². The Kier molecular flexibility index (Phi) is 2.67. The highest BCUT2D eigenvalue weighted by Crippen LogP contribution is 2.16. The van der Waals surface area contributed by atoms with E-state index in [1.165, 1.54) is 0 Å². The first-order valence-corrected chi connectivity index (χ1v) is 5.02. The third kappa shape index (κ3) is 1.83. The van der Waals surface area contributed by atoms with Gasteiger partial charge in [0.15, 0.2) is 0 Å². The SMILES string of the molecule is CCNc1cnn(-c2cccnc2)c1C. The lowest BCUT2D eigenvalue weighted by atomic mass is 10.3. The van der Waals surface area contributed by atoms with Crippen LogP contribution in [0.15, 0.2) is 30.7 Å². The minimum Gasteiger partial charge on any atom is -0.383 e. The predicted octanol–water partition coefficient (Wildman–Crippen LogP) is 2.01. The minimum absolute atomic E-state index is 0.902. The first-order valence-electron chi connectivity index (χ1n) is 5.02. The Labute approximate surface area is 89.0 Å². The standard InChI is InChI=1S/C11H14N4/c1-3-13-11-8-14-15(9(11)2)10-5-4-6-12-7-10/h4-8,13H,3H2,1-2H3. The van der Waals surface area contributed by atoms with Crippen LogP contribution in [0.1, 0.15) is 12.6 Å². The number of anilines is 1. The fraction of sp³-hybridized carbons (Fsp3) is 0.273. The Morgan fingerprint density at radius 1 is 1.40 bits per heavy atom. The summed E-state index contributed by atoms with van der Waals surface area (Å²) in [5.41, 5.74) is 3.16. The molecule has 0 radical (unpaired) electrons. The summed E-state index contributed by atoms with van der Waals surface area (Å²) in [4.78, 5) is 4.08. The van der Waals surface area contributed by atoms with E-state index in [4.69, 9.17) is 0 Å². The van der Waals surface area contributed by atoms with Crippen LogP contribution in [0.2, 0.25) is 0 Å². The van der Waals surface area contributed by atoms with Crippen LogP contribution in [0.5, 0.6) is 0 Å². The van der Waals surface area contributed by atoms with Gasteiger partial charge in [-0.1, -0.05) is 0 Å². The van der Waals surface area contributed by atoms with Gasteiger partial charge in [-0.15, -0.1) is 0 Å². The lowest BCUT2D eigenvalue weighted by Crippen LogP contribution is -2.01. The number of hydrogen-bond donors (Lipinski definition) is 1. The average Bonchev–Trinajstić information content (AvgIpc) is 2.63. The van der Waals surface area contributed by atoms with Crippen LogP contribution >= 0.6 is 0 Å². The number of hydrogen-bond acceptors (Lipinski definition) is 3. The Morgan fingerprint density at radius 2 is 2.27 bits per heavy atom. The van der Waals surface area contributed by atoms with E-state index in [-0.39, 0.29) is 0 Å². The molecule has 78 valence electrons. The smallest absolute Gasteiger partial charge is 0.0832 e.